The summed E-state index contributed by atoms with van der Waals surface area (Å²) in [5.41, 5.74) is 0.208. The minimum atomic E-state index is -1.41. The van der Waals surface area contributed by atoms with E-state index in [4.69, 9.17) is 27.9 Å². The van der Waals surface area contributed by atoms with Crippen LogP contribution in [0.25, 0.3) is 0 Å². The molecule has 4 amide bonds. The Hall–Kier alpha value is -4.21. The molecule has 2 saturated heterocycles. The third kappa shape index (κ3) is 4.24. The van der Waals surface area contributed by atoms with Crippen LogP contribution in [-0.2, 0) is 19.2 Å². The topological polar surface area (TPSA) is 104 Å². The monoisotopic (exact) mass is 662 g/mol. The summed E-state index contributed by atoms with van der Waals surface area (Å²) >= 11 is 12.1. The van der Waals surface area contributed by atoms with E-state index in [9.17, 15) is 28.7 Å². The molecule has 0 bridgehead atoms. The van der Waals surface area contributed by atoms with Gasteiger partial charge in [0.15, 0.2) is 11.5 Å². The zero-order valence-electron chi connectivity index (χ0n) is 24.9. The lowest BCUT2D eigenvalue weighted by atomic mass is 9.51. The van der Waals surface area contributed by atoms with Crippen molar-refractivity contribution in [2.24, 2.45) is 29.1 Å². The van der Waals surface area contributed by atoms with Crippen molar-refractivity contribution in [3.63, 3.8) is 0 Å². The number of aromatic hydroxyl groups is 1. The van der Waals surface area contributed by atoms with E-state index in [1.807, 2.05) is 6.08 Å². The molecule has 2 heterocycles. The van der Waals surface area contributed by atoms with Crippen LogP contribution in [0, 0.1) is 34.9 Å². The number of hydrogen-bond donors (Lipinski definition) is 1. The Morgan fingerprint density at radius 3 is 2.35 bits per heavy atom. The van der Waals surface area contributed by atoms with Gasteiger partial charge in [0.1, 0.15) is 5.82 Å². The van der Waals surface area contributed by atoms with Gasteiger partial charge in [-0.05, 0) is 81.1 Å². The number of imide groups is 2. The molecule has 0 aromatic heterocycles. The maximum Gasteiger partial charge on any atom is 0.241 e. The molecule has 6 atom stereocenters. The molecule has 0 unspecified atom stereocenters. The third-order valence-electron chi connectivity index (χ3n) is 10.2. The van der Waals surface area contributed by atoms with Crippen molar-refractivity contribution in [3.05, 3.63) is 93.7 Å². The highest BCUT2D eigenvalue weighted by Crippen LogP contribution is 2.65. The first kappa shape index (κ1) is 30.4. The van der Waals surface area contributed by atoms with Gasteiger partial charge in [0.2, 0.25) is 23.6 Å². The number of rotatable bonds is 5. The van der Waals surface area contributed by atoms with Crippen LogP contribution < -0.4 is 14.5 Å². The highest BCUT2D eigenvalue weighted by Gasteiger charge is 2.68. The van der Waals surface area contributed by atoms with Crippen molar-refractivity contribution >= 4 is 58.2 Å². The van der Waals surface area contributed by atoms with Gasteiger partial charge < -0.3 is 9.84 Å². The second-order valence-electron chi connectivity index (χ2n) is 12.4. The zero-order chi connectivity index (χ0) is 32.7. The maximum absolute atomic E-state index is 14.5. The minimum Gasteiger partial charge on any atom is -0.504 e. The number of anilines is 2. The van der Waals surface area contributed by atoms with E-state index < -0.39 is 52.6 Å². The second kappa shape index (κ2) is 11.0. The lowest BCUT2D eigenvalue weighted by Gasteiger charge is -2.49. The molecule has 0 spiro atoms. The summed E-state index contributed by atoms with van der Waals surface area (Å²) < 4.78 is 19.8. The summed E-state index contributed by atoms with van der Waals surface area (Å²) in [4.78, 5) is 59.0. The zero-order valence-corrected chi connectivity index (χ0v) is 26.4. The SMILES string of the molecule is CCOc1cccc([C@H]2C3=CC[C@@H]4C(=O)N(c5ccc(Cl)cc5)C(=O)[C@@H]4[C@@H]3C[C@H]3C(=O)N(c4ccc(F)c(Cl)c4)C(=O)[C@@]23C)c1O. The van der Waals surface area contributed by atoms with Crippen molar-refractivity contribution < 1.29 is 33.4 Å². The number of phenols is 1. The Morgan fingerprint density at radius 1 is 0.935 bits per heavy atom. The number of phenolic OH excluding ortho intramolecular Hbond substituents is 1. The number of halogens is 3. The highest BCUT2D eigenvalue weighted by molar-refractivity contribution is 6.32. The number of carbonyl (C=O) groups excluding carboxylic acids is 4. The molecular formula is C35H29Cl2FN2O6. The fourth-order valence-electron chi connectivity index (χ4n) is 8.12. The molecule has 1 saturated carbocycles. The number of benzene rings is 3. The summed E-state index contributed by atoms with van der Waals surface area (Å²) in [6.07, 6.45) is 2.26. The Bertz CT molecular complexity index is 1860. The van der Waals surface area contributed by atoms with E-state index >= 15 is 0 Å². The van der Waals surface area contributed by atoms with Crippen molar-refractivity contribution in [3.8, 4) is 11.5 Å². The van der Waals surface area contributed by atoms with E-state index in [0.717, 1.165) is 11.0 Å². The number of hydrogen-bond acceptors (Lipinski definition) is 6. The van der Waals surface area contributed by atoms with Crippen LogP contribution >= 0.6 is 23.2 Å². The number of para-hydroxylation sites is 1. The summed E-state index contributed by atoms with van der Waals surface area (Å²) in [6.45, 7) is 3.76. The predicted molar refractivity (Wildman–Crippen MR) is 169 cm³/mol. The Morgan fingerprint density at radius 2 is 1.65 bits per heavy atom. The number of fused-ring (bicyclic) bond motifs is 4. The van der Waals surface area contributed by atoms with Gasteiger partial charge in [-0.1, -0.05) is 47.0 Å². The molecule has 2 aliphatic heterocycles. The summed E-state index contributed by atoms with van der Waals surface area (Å²) in [7, 11) is 0. The first-order chi connectivity index (χ1) is 22.0. The van der Waals surface area contributed by atoms with E-state index in [1.165, 1.54) is 17.0 Å². The molecule has 1 N–H and O–H groups in total. The van der Waals surface area contributed by atoms with Crippen LogP contribution in [0.1, 0.15) is 38.2 Å². The number of allylic oxidation sites excluding steroid dienone is 2. The number of ether oxygens (including phenoxy) is 1. The molecule has 3 fully saturated rings. The second-order valence-corrected chi connectivity index (χ2v) is 13.2. The van der Waals surface area contributed by atoms with Crippen molar-refractivity contribution in [1.29, 1.82) is 0 Å². The number of amides is 4. The molecule has 7 rings (SSSR count). The van der Waals surface area contributed by atoms with Crippen LogP contribution in [0.15, 0.2) is 72.3 Å². The quantitative estimate of drug-likeness (QED) is 0.242. The minimum absolute atomic E-state index is 0.120. The van der Waals surface area contributed by atoms with Crippen LogP contribution in [-0.4, -0.2) is 35.3 Å². The third-order valence-corrected chi connectivity index (χ3v) is 10.7. The van der Waals surface area contributed by atoms with E-state index in [1.54, 1.807) is 56.3 Å². The fraction of sp³-hybridized carbons (Fsp3) is 0.314. The van der Waals surface area contributed by atoms with Gasteiger partial charge in [0.25, 0.3) is 0 Å². The van der Waals surface area contributed by atoms with E-state index in [0.29, 0.717) is 21.8 Å². The summed E-state index contributed by atoms with van der Waals surface area (Å²) in [5, 5.41) is 11.8. The molecule has 4 aliphatic rings. The van der Waals surface area contributed by atoms with Crippen LogP contribution in [0.3, 0.4) is 0 Å². The normalized spacial score (nSPS) is 28.6. The van der Waals surface area contributed by atoms with Crippen molar-refractivity contribution in [2.45, 2.75) is 32.6 Å². The van der Waals surface area contributed by atoms with E-state index in [2.05, 4.69) is 0 Å². The largest absolute Gasteiger partial charge is 0.504 e. The highest BCUT2D eigenvalue weighted by atomic mass is 35.5. The molecule has 8 nitrogen and oxygen atoms in total. The molecule has 3 aromatic rings. The van der Waals surface area contributed by atoms with Crippen molar-refractivity contribution in [1.82, 2.24) is 0 Å². The molecular weight excluding hydrogens is 634 g/mol. The van der Waals surface area contributed by atoms with Gasteiger partial charge in [-0.15, -0.1) is 0 Å². The van der Waals surface area contributed by atoms with Crippen LogP contribution in [0.4, 0.5) is 15.8 Å². The van der Waals surface area contributed by atoms with E-state index in [-0.39, 0.29) is 53.5 Å². The first-order valence-corrected chi connectivity index (χ1v) is 15.9. The van der Waals surface area contributed by atoms with Gasteiger partial charge >= 0.3 is 0 Å². The number of nitrogens with zero attached hydrogens (tertiary/aromatic N) is 2. The van der Waals surface area contributed by atoms with Crippen LogP contribution in [0.5, 0.6) is 11.5 Å². The predicted octanol–water partition coefficient (Wildman–Crippen LogP) is 6.67. The van der Waals surface area contributed by atoms with Gasteiger partial charge in [0.05, 0.1) is 46.2 Å². The molecule has 3 aromatic carbocycles. The molecule has 2 aliphatic carbocycles. The summed E-state index contributed by atoms with van der Waals surface area (Å²) in [5.74, 6) is -6.23. The Kier molecular flexibility index (Phi) is 7.25. The smallest absolute Gasteiger partial charge is 0.241 e. The maximum atomic E-state index is 14.5. The fourth-order valence-corrected chi connectivity index (χ4v) is 8.42. The van der Waals surface area contributed by atoms with Crippen molar-refractivity contribution in [2.75, 3.05) is 16.4 Å². The first-order valence-electron chi connectivity index (χ1n) is 15.1. The Labute approximate surface area is 274 Å². The molecule has 11 heteroatoms. The standard InChI is InChI=1S/C35H29Cl2FN2O6/c1-3-46-27-6-4-5-22(30(27)41)29-20-12-13-21-28(33(44)39(31(21)42)18-9-7-17(36)8-10-18)23(20)16-24-32(43)40(34(45)35(24,29)2)19-11-14-26(38)25(37)15-19/h4-12,14-15,21,23-24,28-29,41H,3,13,16H2,1-2H3/t21-,23+,24-,28-,29+,35+/m0/s1. The summed E-state index contributed by atoms with van der Waals surface area (Å²) in [6, 6.07) is 15.1. The van der Waals surface area contributed by atoms with Gasteiger partial charge in [-0.3, -0.25) is 24.1 Å². The van der Waals surface area contributed by atoms with Gasteiger partial charge in [-0.2, -0.15) is 0 Å². The lowest BCUT2D eigenvalue weighted by Crippen LogP contribution is -2.48. The molecule has 0 radical (unpaired) electrons. The van der Waals surface area contributed by atoms with Crippen LogP contribution in [0.2, 0.25) is 10.0 Å². The molecule has 236 valence electrons. The van der Waals surface area contributed by atoms with Gasteiger partial charge in [0, 0.05) is 16.5 Å². The number of carbonyl (C=O) groups is 4. The lowest BCUT2D eigenvalue weighted by molar-refractivity contribution is -0.131. The van der Waals surface area contributed by atoms with Gasteiger partial charge in [-0.25, -0.2) is 9.29 Å². The molecule has 46 heavy (non-hydrogen) atoms. The average Bonchev–Trinajstić information content (AvgIpc) is 3.40. The Balaban J connectivity index is 1.38. The average molecular weight is 664 g/mol.